The smallest absolute Gasteiger partial charge is 0.133 e. The lowest BCUT2D eigenvalue weighted by Gasteiger charge is -2.06. The minimum Gasteiger partial charge on any atom is -0.365 e. The first-order valence-corrected chi connectivity index (χ1v) is 3.45. The maximum Gasteiger partial charge on any atom is 0.133 e. The van der Waals surface area contributed by atoms with Crippen LogP contribution in [0.5, 0.6) is 0 Å². The number of nitrogens with zero attached hydrogens (tertiary/aromatic N) is 1. The van der Waals surface area contributed by atoms with Crippen molar-refractivity contribution in [3.05, 3.63) is 0 Å². The summed E-state index contributed by atoms with van der Waals surface area (Å²) in [7, 11) is 0. The molecule has 0 aliphatic heterocycles. The Bertz CT molecular complexity index is 107. The van der Waals surface area contributed by atoms with E-state index in [4.69, 9.17) is 10.00 Å². The van der Waals surface area contributed by atoms with Crippen LogP contribution >= 0.6 is 0 Å². The van der Waals surface area contributed by atoms with Crippen LogP contribution in [0.2, 0.25) is 0 Å². The van der Waals surface area contributed by atoms with Crippen LogP contribution in [0, 0.1) is 11.3 Å². The van der Waals surface area contributed by atoms with Gasteiger partial charge in [-0.25, -0.2) is 0 Å². The molecule has 3 nitrogen and oxygen atoms in total. The van der Waals surface area contributed by atoms with Crippen molar-refractivity contribution in [1.29, 1.82) is 5.26 Å². The van der Waals surface area contributed by atoms with Gasteiger partial charge in [0.2, 0.25) is 0 Å². The lowest BCUT2D eigenvalue weighted by molar-refractivity contribution is 0.165. The summed E-state index contributed by atoms with van der Waals surface area (Å²) in [4.78, 5) is 0. The largest absolute Gasteiger partial charge is 0.365 e. The molecule has 0 spiro atoms. The highest BCUT2D eigenvalue weighted by Crippen LogP contribution is 1.75. The van der Waals surface area contributed by atoms with Gasteiger partial charge in [0.15, 0.2) is 0 Å². The summed E-state index contributed by atoms with van der Waals surface area (Å²) in [6.07, 6.45) is 0. The molecule has 0 aromatic heterocycles. The molecule has 0 aliphatic carbocycles. The minimum atomic E-state index is 0.194. The van der Waals surface area contributed by atoms with E-state index in [-0.39, 0.29) is 6.61 Å². The fourth-order valence-electron chi connectivity index (χ4n) is 0.538. The average molecular weight is 142 g/mol. The van der Waals surface area contributed by atoms with Crippen molar-refractivity contribution >= 4 is 0 Å². The van der Waals surface area contributed by atoms with Crippen LogP contribution in [0.15, 0.2) is 0 Å². The van der Waals surface area contributed by atoms with Crippen LogP contribution in [-0.4, -0.2) is 25.8 Å². The normalized spacial score (nSPS) is 9.80. The molecular weight excluding hydrogens is 128 g/mol. The van der Waals surface area contributed by atoms with E-state index in [1.54, 1.807) is 0 Å². The van der Waals surface area contributed by atoms with Gasteiger partial charge in [-0.3, -0.25) is 0 Å². The van der Waals surface area contributed by atoms with Gasteiger partial charge in [0, 0.05) is 12.6 Å². The van der Waals surface area contributed by atoms with Crippen LogP contribution in [-0.2, 0) is 4.74 Å². The lowest BCUT2D eigenvalue weighted by Crippen LogP contribution is -2.26. The van der Waals surface area contributed by atoms with Gasteiger partial charge < -0.3 is 10.1 Å². The summed E-state index contributed by atoms with van der Waals surface area (Å²) in [6, 6.07) is 2.40. The molecule has 10 heavy (non-hydrogen) atoms. The monoisotopic (exact) mass is 142 g/mol. The molecule has 0 saturated heterocycles. The van der Waals surface area contributed by atoms with Crippen LogP contribution in [0.3, 0.4) is 0 Å². The molecule has 0 heterocycles. The molecule has 58 valence electrons. The van der Waals surface area contributed by atoms with E-state index >= 15 is 0 Å². The van der Waals surface area contributed by atoms with Gasteiger partial charge in [-0.2, -0.15) is 5.26 Å². The lowest BCUT2D eigenvalue weighted by atomic mass is 10.4. The maximum absolute atomic E-state index is 8.08. The maximum atomic E-state index is 8.08. The Morgan fingerprint density at radius 1 is 1.60 bits per heavy atom. The molecule has 0 aliphatic rings. The van der Waals surface area contributed by atoms with Crippen molar-refractivity contribution in [2.45, 2.75) is 19.9 Å². The predicted molar refractivity (Wildman–Crippen MR) is 39.6 cm³/mol. The zero-order valence-electron chi connectivity index (χ0n) is 6.55. The Hall–Kier alpha value is -0.590. The summed E-state index contributed by atoms with van der Waals surface area (Å²) in [5.74, 6) is 0. The van der Waals surface area contributed by atoms with Crippen molar-refractivity contribution in [1.82, 2.24) is 5.32 Å². The number of nitriles is 1. The molecule has 0 radical (unpaired) electrons. The quantitative estimate of drug-likeness (QED) is 0.569. The highest BCUT2D eigenvalue weighted by atomic mass is 16.5. The first-order chi connectivity index (χ1) is 4.77. The number of rotatable bonds is 5. The molecule has 1 N–H and O–H groups in total. The summed E-state index contributed by atoms with van der Waals surface area (Å²) in [6.45, 7) is 5.78. The third kappa shape index (κ3) is 7.41. The molecule has 0 saturated carbocycles. The molecule has 0 fully saturated rings. The Kier molecular flexibility index (Phi) is 6.14. The van der Waals surface area contributed by atoms with Gasteiger partial charge in [-0.1, -0.05) is 13.8 Å². The van der Waals surface area contributed by atoms with E-state index in [1.165, 1.54) is 0 Å². The van der Waals surface area contributed by atoms with Gasteiger partial charge in [0.05, 0.1) is 12.7 Å². The molecule has 3 heteroatoms. The van der Waals surface area contributed by atoms with Crippen molar-refractivity contribution < 1.29 is 4.74 Å². The van der Waals surface area contributed by atoms with E-state index in [0.29, 0.717) is 12.6 Å². The topological polar surface area (TPSA) is 45.0 Å². The van der Waals surface area contributed by atoms with Crippen molar-refractivity contribution in [2.75, 3.05) is 19.8 Å². The highest BCUT2D eigenvalue weighted by Gasteiger charge is 1.89. The number of ether oxygens (including phenoxy) is 1. The fraction of sp³-hybridized carbons (Fsp3) is 0.857. The molecule has 0 atom stereocenters. The summed E-state index contributed by atoms with van der Waals surface area (Å²) >= 11 is 0. The van der Waals surface area contributed by atoms with E-state index < -0.39 is 0 Å². The van der Waals surface area contributed by atoms with Crippen molar-refractivity contribution in [3.8, 4) is 6.07 Å². The number of nitrogens with one attached hydrogen (secondary N) is 1. The fourth-order valence-corrected chi connectivity index (χ4v) is 0.538. The summed E-state index contributed by atoms with van der Waals surface area (Å²) in [5, 5.41) is 11.2. The molecular formula is C7H14N2O. The van der Waals surface area contributed by atoms with Crippen molar-refractivity contribution in [3.63, 3.8) is 0 Å². The SMILES string of the molecule is CC(C)NCCOCC#N. The van der Waals surface area contributed by atoms with Crippen LogP contribution in [0.1, 0.15) is 13.8 Å². The van der Waals surface area contributed by atoms with Crippen LogP contribution < -0.4 is 5.32 Å². The Morgan fingerprint density at radius 2 is 2.30 bits per heavy atom. The summed E-state index contributed by atoms with van der Waals surface area (Å²) in [5.41, 5.74) is 0. The van der Waals surface area contributed by atoms with Gasteiger partial charge in [0.25, 0.3) is 0 Å². The zero-order chi connectivity index (χ0) is 7.82. The average Bonchev–Trinajstić information content (AvgIpc) is 1.87. The molecule has 0 unspecified atom stereocenters. The first kappa shape index (κ1) is 9.41. The first-order valence-electron chi connectivity index (χ1n) is 3.45. The third-order valence-electron chi connectivity index (χ3n) is 0.966. The molecule has 0 rings (SSSR count). The molecule has 0 aromatic carbocycles. The van der Waals surface area contributed by atoms with E-state index in [0.717, 1.165) is 6.54 Å². The Balaban J connectivity index is 2.86. The second-order valence-electron chi connectivity index (χ2n) is 2.32. The van der Waals surface area contributed by atoms with E-state index in [2.05, 4.69) is 19.2 Å². The van der Waals surface area contributed by atoms with E-state index in [1.807, 2.05) is 6.07 Å². The standard InChI is InChI=1S/C7H14N2O/c1-7(2)9-4-6-10-5-3-8/h7,9H,4-6H2,1-2H3. The van der Waals surface area contributed by atoms with Gasteiger partial charge in [-0.05, 0) is 0 Å². The van der Waals surface area contributed by atoms with Crippen molar-refractivity contribution in [2.24, 2.45) is 0 Å². The van der Waals surface area contributed by atoms with Gasteiger partial charge >= 0.3 is 0 Å². The summed E-state index contributed by atoms with van der Waals surface area (Å²) < 4.78 is 4.91. The van der Waals surface area contributed by atoms with Crippen LogP contribution in [0.4, 0.5) is 0 Å². The van der Waals surface area contributed by atoms with Gasteiger partial charge in [0.1, 0.15) is 6.61 Å². The Morgan fingerprint density at radius 3 is 2.80 bits per heavy atom. The third-order valence-corrected chi connectivity index (χ3v) is 0.966. The molecule has 0 bridgehead atoms. The number of hydrogen-bond acceptors (Lipinski definition) is 3. The number of hydrogen-bond donors (Lipinski definition) is 1. The second kappa shape index (κ2) is 6.53. The molecule has 0 aromatic rings. The zero-order valence-corrected chi connectivity index (χ0v) is 6.55. The molecule has 0 amide bonds. The van der Waals surface area contributed by atoms with E-state index in [9.17, 15) is 0 Å². The Labute approximate surface area is 62.0 Å². The predicted octanol–water partition coefficient (Wildman–Crippen LogP) is 0.525. The second-order valence-corrected chi connectivity index (χ2v) is 2.32. The highest BCUT2D eigenvalue weighted by molar-refractivity contribution is 4.66. The minimum absolute atomic E-state index is 0.194. The van der Waals surface area contributed by atoms with Gasteiger partial charge in [-0.15, -0.1) is 0 Å². The van der Waals surface area contributed by atoms with Crippen LogP contribution in [0.25, 0.3) is 0 Å².